The number of para-hydroxylation sites is 1. The van der Waals surface area contributed by atoms with E-state index in [9.17, 15) is 4.79 Å². The predicted molar refractivity (Wildman–Crippen MR) is 142 cm³/mol. The van der Waals surface area contributed by atoms with E-state index in [-0.39, 0.29) is 11.7 Å². The van der Waals surface area contributed by atoms with Gasteiger partial charge in [0.15, 0.2) is 11.0 Å². The Morgan fingerprint density at radius 1 is 0.971 bits per heavy atom. The molecule has 180 valence electrons. The van der Waals surface area contributed by atoms with E-state index in [0.717, 1.165) is 39.8 Å². The Bertz CT molecular complexity index is 1270. The Morgan fingerprint density at radius 2 is 1.74 bits per heavy atom. The van der Waals surface area contributed by atoms with Crippen molar-refractivity contribution in [2.24, 2.45) is 0 Å². The second-order valence-electron chi connectivity index (χ2n) is 7.97. The van der Waals surface area contributed by atoms with E-state index in [4.69, 9.17) is 4.74 Å². The molecule has 0 atom stereocenters. The minimum absolute atomic E-state index is 0.0830. The van der Waals surface area contributed by atoms with Crippen LogP contribution in [0.3, 0.4) is 0 Å². The average Bonchev–Trinajstić information content (AvgIpc) is 3.28. The van der Waals surface area contributed by atoms with Crippen LogP contribution in [0.25, 0.3) is 5.69 Å². The lowest BCUT2D eigenvalue weighted by atomic mass is 10.1. The van der Waals surface area contributed by atoms with E-state index >= 15 is 0 Å². The van der Waals surface area contributed by atoms with Crippen LogP contribution in [-0.2, 0) is 11.3 Å². The van der Waals surface area contributed by atoms with Crippen molar-refractivity contribution in [1.82, 2.24) is 14.8 Å². The highest BCUT2D eigenvalue weighted by atomic mass is 32.2. The molecule has 0 aliphatic carbocycles. The van der Waals surface area contributed by atoms with Crippen LogP contribution in [0.2, 0.25) is 0 Å². The molecule has 3 aromatic carbocycles. The number of thioether (sulfide) groups is 1. The van der Waals surface area contributed by atoms with Crippen LogP contribution in [0.1, 0.15) is 23.9 Å². The molecular formula is C27H29N5O2S. The van der Waals surface area contributed by atoms with Gasteiger partial charge in [-0.3, -0.25) is 9.36 Å². The minimum Gasteiger partial charge on any atom is -0.494 e. The second kappa shape index (κ2) is 11.6. The van der Waals surface area contributed by atoms with Crippen molar-refractivity contribution in [1.29, 1.82) is 0 Å². The van der Waals surface area contributed by atoms with Gasteiger partial charge in [-0.15, -0.1) is 10.2 Å². The maximum Gasteiger partial charge on any atom is 0.234 e. The first kappa shape index (κ1) is 24.3. The third-order valence-electron chi connectivity index (χ3n) is 5.54. The number of benzene rings is 3. The molecular weight excluding hydrogens is 458 g/mol. The molecule has 4 rings (SSSR count). The van der Waals surface area contributed by atoms with Crippen molar-refractivity contribution >= 4 is 29.0 Å². The number of rotatable bonds is 10. The molecule has 1 aromatic heterocycles. The summed E-state index contributed by atoms with van der Waals surface area (Å²) in [6, 6.07) is 23.6. The van der Waals surface area contributed by atoms with Crippen LogP contribution in [0.5, 0.6) is 5.75 Å². The fraction of sp³-hybridized carbons (Fsp3) is 0.222. The average molecular weight is 488 g/mol. The smallest absolute Gasteiger partial charge is 0.234 e. The predicted octanol–water partition coefficient (Wildman–Crippen LogP) is 5.63. The molecule has 0 radical (unpaired) electrons. The number of carbonyl (C=O) groups is 1. The zero-order valence-electron chi connectivity index (χ0n) is 20.1. The van der Waals surface area contributed by atoms with E-state index in [0.29, 0.717) is 18.3 Å². The zero-order valence-corrected chi connectivity index (χ0v) is 20.9. The molecule has 7 nitrogen and oxygen atoms in total. The summed E-state index contributed by atoms with van der Waals surface area (Å²) in [6.45, 7) is 7.12. The molecule has 35 heavy (non-hydrogen) atoms. The highest BCUT2D eigenvalue weighted by Gasteiger charge is 2.16. The lowest BCUT2D eigenvalue weighted by Gasteiger charge is -2.12. The fourth-order valence-electron chi connectivity index (χ4n) is 3.56. The number of ether oxygens (including phenoxy) is 1. The van der Waals surface area contributed by atoms with Gasteiger partial charge < -0.3 is 15.4 Å². The zero-order chi connectivity index (χ0) is 24.6. The fourth-order valence-corrected chi connectivity index (χ4v) is 4.34. The molecule has 8 heteroatoms. The Hall–Kier alpha value is -3.78. The van der Waals surface area contributed by atoms with Gasteiger partial charge in [-0.25, -0.2) is 0 Å². The van der Waals surface area contributed by atoms with Gasteiger partial charge in [0.2, 0.25) is 5.91 Å². The number of carbonyl (C=O) groups excluding carboxylic acids is 1. The minimum atomic E-state index is -0.0830. The number of amides is 1. The topological polar surface area (TPSA) is 81.1 Å². The van der Waals surface area contributed by atoms with Gasteiger partial charge in [0.25, 0.3) is 0 Å². The van der Waals surface area contributed by atoms with Crippen molar-refractivity contribution < 1.29 is 9.53 Å². The first-order valence-corrected chi connectivity index (χ1v) is 12.5. The summed E-state index contributed by atoms with van der Waals surface area (Å²) in [5.74, 6) is 1.73. The van der Waals surface area contributed by atoms with Crippen LogP contribution in [-0.4, -0.2) is 33.0 Å². The summed E-state index contributed by atoms with van der Waals surface area (Å²) < 4.78 is 7.49. The van der Waals surface area contributed by atoms with Crippen molar-refractivity contribution in [3.63, 3.8) is 0 Å². The quantitative estimate of drug-likeness (QED) is 0.282. The van der Waals surface area contributed by atoms with Gasteiger partial charge in [-0.1, -0.05) is 42.1 Å². The first-order chi connectivity index (χ1) is 17.0. The molecule has 2 N–H and O–H groups in total. The Morgan fingerprint density at radius 3 is 2.49 bits per heavy atom. The molecule has 0 spiro atoms. The Kier molecular flexibility index (Phi) is 8.05. The number of aromatic nitrogens is 3. The number of hydrogen-bond acceptors (Lipinski definition) is 6. The summed E-state index contributed by atoms with van der Waals surface area (Å²) in [5.41, 5.74) is 4.95. The Labute approximate surface area is 209 Å². The summed E-state index contributed by atoms with van der Waals surface area (Å²) >= 11 is 1.36. The second-order valence-corrected chi connectivity index (χ2v) is 8.91. The van der Waals surface area contributed by atoms with Gasteiger partial charge in [0.1, 0.15) is 5.75 Å². The van der Waals surface area contributed by atoms with Crippen LogP contribution in [0.15, 0.2) is 78.0 Å². The molecule has 0 saturated carbocycles. The molecule has 0 aliphatic rings. The van der Waals surface area contributed by atoms with E-state index < -0.39 is 0 Å². The SMILES string of the molecule is CCOc1ccc(NCc2nnc(SCC(=O)Nc3cccc(C)c3C)n2-c2ccccc2)cc1. The molecule has 0 bridgehead atoms. The maximum absolute atomic E-state index is 12.7. The number of aryl methyl sites for hydroxylation is 1. The van der Waals surface area contributed by atoms with Crippen molar-refractivity contribution in [3.8, 4) is 11.4 Å². The normalized spacial score (nSPS) is 10.7. The standard InChI is InChI=1S/C27H29N5O2S/c1-4-34-23-15-13-21(14-16-23)28-17-25-30-31-27(32(25)22-10-6-5-7-11-22)35-18-26(33)29-24-12-8-9-19(2)20(24)3/h5-16,28H,4,17-18H2,1-3H3,(H,29,33). The third kappa shape index (κ3) is 6.22. The van der Waals surface area contributed by atoms with E-state index in [1.54, 1.807) is 0 Å². The summed E-state index contributed by atoms with van der Waals surface area (Å²) in [6.07, 6.45) is 0. The Balaban J connectivity index is 1.47. The van der Waals surface area contributed by atoms with E-state index in [1.807, 2.05) is 98.1 Å². The highest BCUT2D eigenvalue weighted by molar-refractivity contribution is 7.99. The van der Waals surface area contributed by atoms with Crippen LogP contribution in [0, 0.1) is 13.8 Å². The molecule has 0 unspecified atom stereocenters. The molecule has 0 fully saturated rings. The van der Waals surface area contributed by atoms with Crippen LogP contribution in [0.4, 0.5) is 11.4 Å². The number of nitrogens with zero attached hydrogens (tertiary/aromatic N) is 3. The first-order valence-electron chi connectivity index (χ1n) is 11.5. The third-order valence-corrected chi connectivity index (χ3v) is 6.47. The van der Waals surface area contributed by atoms with Crippen LogP contribution >= 0.6 is 11.8 Å². The van der Waals surface area contributed by atoms with Gasteiger partial charge >= 0.3 is 0 Å². The highest BCUT2D eigenvalue weighted by Crippen LogP contribution is 2.24. The van der Waals surface area contributed by atoms with Gasteiger partial charge in [-0.05, 0) is 74.4 Å². The summed E-state index contributed by atoms with van der Waals surface area (Å²) in [5, 5.41) is 15.9. The van der Waals surface area contributed by atoms with Crippen molar-refractivity contribution in [2.45, 2.75) is 32.5 Å². The molecule has 1 amide bonds. The molecule has 0 saturated heterocycles. The molecule has 4 aromatic rings. The lowest BCUT2D eigenvalue weighted by Crippen LogP contribution is -2.16. The molecule has 1 heterocycles. The molecule has 0 aliphatic heterocycles. The van der Waals surface area contributed by atoms with E-state index in [2.05, 4.69) is 20.8 Å². The van der Waals surface area contributed by atoms with Crippen LogP contribution < -0.4 is 15.4 Å². The number of nitrogens with one attached hydrogen (secondary N) is 2. The summed E-state index contributed by atoms with van der Waals surface area (Å²) in [7, 11) is 0. The van der Waals surface area contributed by atoms with Crippen molar-refractivity contribution in [3.05, 3.63) is 89.7 Å². The van der Waals surface area contributed by atoms with Crippen molar-refractivity contribution in [2.75, 3.05) is 23.0 Å². The number of hydrogen-bond donors (Lipinski definition) is 2. The van der Waals surface area contributed by atoms with E-state index in [1.165, 1.54) is 11.8 Å². The largest absolute Gasteiger partial charge is 0.494 e. The lowest BCUT2D eigenvalue weighted by molar-refractivity contribution is -0.113. The number of anilines is 2. The maximum atomic E-state index is 12.7. The van der Waals surface area contributed by atoms with Gasteiger partial charge in [0.05, 0.1) is 18.9 Å². The van der Waals surface area contributed by atoms with Gasteiger partial charge in [-0.2, -0.15) is 0 Å². The monoisotopic (exact) mass is 487 g/mol. The summed E-state index contributed by atoms with van der Waals surface area (Å²) in [4.78, 5) is 12.7. The van der Waals surface area contributed by atoms with Gasteiger partial charge in [0, 0.05) is 17.1 Å².